The molecule has 0 saturated heterocycles. The Morgan fingerprint density at radius 3 is 2.57 bits per heavy atom. The van der Waals surface area contributed by atoms with E-state index < -0.39 is 6.09 Å². The zero-order chi connectivity index (χ0) is 16.7. The molecule has 2 aromatic carbocycles. The van der Waals surface area contributed by atoms with Gasteiger partial charge in [-0.05, 0) is 42.5 Å². The van der Waals surface area contributed by atoms with Crippen LogP contribution >= 0.6 is 27.5 Å². The van der Waals surface area contributed by atoms with Crippen LogP contribution in [0.15, 0.2) is 53.0 Å². The minimum absolute atomic E-state index is 0.0686. The van der Waals surface area contributed by atoms with Crippen LogP contribution in [0, 0.1) is 0 Å². The van der Waals surface area contributed by atoms with E-state index in [1.165, 1.54) is 0 Å². The van der Waals surface area contributed by atoms with Gasteiger partial charge < -0.3 is 10.1 Å². The molecule has 2 rings (SSSR count). The number of nitrogens with one attached hydrogen (secondary N) is 2. The van der Waals surface area contributed by atoms with Crippen LogP contribution in [0.5, 0.6) is 0 Å². The molecule has 5 nitrogen and oxygen atoms in total. The first-order valence-corrected chi connectivity index (χ1v) is 7.95. The van der Waals surface area contributed by atoms with Crippen LogP contribution in [0.4, 0.5) is 10.5 Å². The number of carbonyl (C=O) groups excluding carboxylic acids is 2. The van der Waals surface area contributed by atoms with E-state index in [0.29, 0.717) is 16.3 Å². The number of benzene rings is 2. The number of carbonyl (C=O) groups is 2. The van der Waals surface area contributed by atoms with Crippen molar-refractivity contribution in [1.29, 1.82) is 0 Å². The average molecular weight is 398 g/mol. The normalized spacial score (nSPS) is 10.0. The van der Waals surface area contributed by atoms with Crippen molar-refractivity contribution in [2.75, 3.05) is 18.5 Å². The average Bonchev–Trinajstić information content (AvgIpc) is 2.53. The van der Waals surface area contributed by atoms with E-state index in [1.807, 2.05) is 6.07 Å². The van der Waals surface area contributed by atoms with Gasteiger partial charge in [-0.25, -0.2) is 4.79 Å². The first kappa shape index (κ1) is 17.3. The van der Waals surface area contributed by atoms with Gasteiger partial charge in [-0.1, -0.05) is 33.6 Å². The third kappa shape index (κ3) is 5.92. The molecule has 0 fully saturated rings. The first-order chi connectivity index (χ1) is 11.0. The summed E-state index contributed by atoms with van der Waals surface area (Å²) in [6.07, 6.45) is -0.593. The van der Waals surface area contributed by atoms with Crippen LogP contribution in [0.25, 0.3) is 0 Å². The highest BCUT2D eigenvalue weighted by Gasteiger charge is 2.06. The van der Waals surface area contributed by atoms with Crippen molar-refractivity contribution in [2.24, 2.45) is 0 Å². The van der Waals surface area contributed by atoms with Gasteiger partial charge in [0.15, 0.2) is 0 Å². The number of hydrogen-bond acceptors (Lipinski definition) is 3. The number of amides is 2. The van der Waals surface area contributed by atoms with Crippen LogP contribution in [-0.4, -0.2) is 25.2 Å². The van der Waals surface area contributed by atoms with Crippen LogP contribution < -0.4 is 10.6 Å². The second kappa shape index (κ2) is 8.55. The van der Waals surface area contributed by atoms with Crippen molar-refractivity contribution in [3.63, 3.8) is 0 Å². The van der Waals surface area contributed by atoms with Gasteiger partial charge in [0.25, 0.3) is 5.91 Å². The minimum atomic E-state index is -0.593. The Hall–Kier alpha value is -2.05. The van der Waals surface area contributed by atoms with Gasteiger partial charge in [-0.2, -0.15) is 0 Å². The van der Waals surface area contributed by atoms with Crippen molar-refractivity contribution in [2.45, 2.75) is 0 Å². The Kier molecular flexibility index (Phi) is 6.43. The molecule has 0 bridgehead atoms. The van der Waals surface area contributed by atoms with Crippen LogP contribution in [0.2, 0.25) is 5.02 Å². The van der Waals surface area contributed by atoms with Gasteiger partial charge in [0, 0.05) is 20.7 Å². The second-order valence-corrected chi connectivity index (χ2v) is 5.89. The molecular weight excluding hydrogens is 384 g/mol. The Morgan fingerprint density at radius 2 is 1.87 bits per heavy atom. The third-order valence-electron chi connectivity index (χ3n) is 2.80. The zero-order valence-corrected chi connectivity index (χ0v) is 14.4. The Balaban J connectivity index is 1.69. The number of halogens is 2. The Morgan fingerprint density at radius 1 is 1.13 bits per heavy atom. The lowest BCUT2D eigenvalue weighted by atomic mass is 10.2. The molecule has 0 aliphatic rings. The minimum Gasteiger partial charge on any atom is -0.447 e. The van der Waals surface area contributed by atoms with Crippen molar-refractivity contribution >= 4 is 45.2 Å². The van der Waals surface area contributed by atoms with Crippen LogP contribution in [0.3, 0.4) is 0 Å². The van der Waals surface area contributed by atoms with Crippen molar-refractivity contribution < 1.29 is 14.3 Å². The number of anilines is 1. The number of rotatable bonds is 5. The van der Waals surface area contributed by atoms with Gasteiger partial charge in [-0.15, -0.1) is 0 Å². The van der Waals surface area contributed by atoms with E-state index in [0.717, 1.165) is 4.47 Å². The van der Waals surface area contributed by atoms with Crippen LogP contribution in [-0.2, 0) is 4.74 Å². The molecule has 120 valence electrons. The largest absolute Gasteiger partial charge is 0.447 e. The van der Waals surface area contributed by atoms with E-state index >= 15 is 0 Å². The lowest BCUT2D eigenvalue weighted by Gasteiger charge is -2.08. The molecule has 0 atom stereocenters. The summed E-state index contributed by atoms with van der Waals surface area (Å²) < 4.78 is 5.80. The monoisotopic (exact) mass is 396 g/mol. The summed E-state index contributed by atoms with van der Waals surface area (Å²) in [5, 5.41) is 5.81. The fourth-order valence-corrected chi connectivity index (χ4v) is 2.25. The molecule has 23 heavy (non-hydrogen) atoms. The van der Waals surface area contributed by atoms with E-state index in [2.05, 4.69) is 26.6 Å². The summed E-state index contributed by atoms with van der Waals surface area (Å²) in [6.45, 7) is 0.290. The quantitative estimate of drug-likeness (QED) is 0.747. The maximum Gasteiger partial charge on any atom is 0.411 e. The third-order valence-corrected chi connectivity index (χ3v) is 3.54. The van der Waals surface area contributed by atoms with Gasteiger partial charge in [0.05, 0.1) is 6.54 Å². The molecule has 0 radical (unpaired) electrons. The molecule has 0 spiro atoms. The summed E-state index contributed by atoms with van der Waals surface area (Å²) in [7, 11) is 0. The topological polar surface area (TPSA) is 67.4 Å². The molecule has 0 saturated carbocycles. The summed E-state index contributed by atoms with van der Waals surface area (Å²) in [4.78, 5) is 23.4. The molecule has 0 aromatic heterocycles. The van der Waals surface area contributed by atoms with E-state index in [4.69, 9.17) is 16.3 Å². The zero-order valence-electron chi connectivity index (χ0n) is 12.0. The molecule has 2 N–H and O–H groups in total. The van der Waals surface area contributed by atoms with Gasteiger partial charge in [-0.3, -0.25) is 10.1 Å². The van der Waals surface area contributed by atoms with E-state index in [-0.39, 0.29) is 19.1 Å². The van der Waals surface area contributed by atoms with Crippen molar-refractivity contribution in [3.05, 3.63) is 63.6 Å². The molecule has 0 unspecified atom stereocenters. The fraction of sp³-hybridized carbons (Fsp3) is 0.125. The van der Waals surface area contributed by atoms with Crippen molar-refractivity contribution in [3.8, 4) is 0 Å². The van der Waals surface area contributed by atoms with E-state index in [9.17, 15) is 9.59 Å². The predicted octanol–water partition coefficient (Wildman–Crippen LogP) is 4.08. The predicted molar refractivity (Wildman–Crippen MR) is 92.9 cm³/mol. The Bertz CT molecular complexity index is 692. The summed E-state index contributed by atoms with van der Waals surface area (Å²) in [6, 6.07) is 13.7. The van der Waals surface area contributed by atoms with Crippen LogP contribution in [0.1, 0.15) is 10.4 Å². The van der Waals surface area contributed by atoms with Gasteiger partial charge in [0.2, 0.25) is 0 Å². The lowest BCUT2D eigenvalue weighted by Crippen LogP contribution is -2.28. The van der Waals surface area contributed by atoms with Gasteiger partial charge in [0.1, 0.15) is 6.61 Å². The molecule has 0 aliphatic carbocycles. The molecule has 7 heteroatoms. The maximum atomic E-state index is 11.9. The summed E-state index contributed by atoms with van der Waals surface area (Å²) in [5.74, 6) is -0.229. The summed E-state index contributed by atoms with van der Waals surface area (Å²) in [5.41, 5.74) is 1.11. The molecule has 0 aliphatic heterocycles. The number of hydrogen-bond donors (Lipinski definition) is 2. The molecule has 0 heterocycles. The van der Waals surface area contributed by atoms with Gasteiger partial charge >= 0.3 is 6.09 Å². The highest BCUT2D eigenvalue weighted by molar-refractivity contribution is 9.10. The van der Waals surface area contributed by atoms with Crippen molar-refractivity contribution in [1.82, 2.24) is 5.32 Å². The molecule has 2 aromatic rings. The first-order valence-electron chi connectivity index (χ1n) is 6.78. The highest BCUT2D eigenvalue weighted by Crippen LogP contribution is 2.13. The van der Waals surface area contributed by atoms with E-state index in [1.54, 1.807) is 42.5 Å². The smallest absolute Gasteiger partial charge is 0.411 e. The second-order valence-electron chi connectivity index (χ2n) is 4.53. The summed E-state index contributed by atoms with van der Waals surface area (Å²) >= 11 is 9.05. The maximum absolute atomic E-state index is 11.9. The number of ether oxygens (including phenoxy) is 1. The molecule has 2 amide bonds. The fourth-order valence-electron chi connectivity index (χ4n) is 1.73. The molecular formula is C16H14BrClN2O3. The standard InChI is InChI=1S/C16H14BrClN2O3/c17-12-3-1-2-11(10-12)15(21)19-8-9-23-16(22)20-14-6-4-13(18)5-7-14/h1-7,10H,8-9H2,(H,19,21)(H,20,22). The SMILES string of the molecule is O=C(Nc1ccc(Cl)cc1)OCCNC(=O)c1cccc(Br)c1. The highest BCUT2D eigenvalue weighted by atomic mass is 79.9. The lowest BCUT2D eigenvalue weighted by molar-refractivity contribution is 0.0938. The Labute approximate surface area is 147 Å².